The van der Waals surface area contributed by atoms with E-state index >= 15 is 0 Å². The lowest BCUT2D eigenvalue weighted by atomic mass is 9.91. The van der Waals surface area contributed by atoms with Crippen LogP contribution in [0.15, 0.2) is 48.5 Å². The second kappa shape index (κ2) is 7.13. The molecule has 2 bridgehead atoms. The van der Waals surface area contributed by atoms with Crippen LogP contribution in [0.1, 0.15) is 31.2 Å². The van der Waals surface area contributed by atoms with E-state index in [1.807, 2.05) is 53.4 Å². The zero-order valence-electron chi connectivity index (χ0n) is 16.2. The summed E-state index contributed by atoms with van der Waals surface area (Å²) in [5.41, 5.74) is 1.95. The van der Waals surface area contributed by atoms with Gasteiger partial charge in [-0.2, -0.15) is 0 Å². The number of carbonyl (C=O) groups excluding carboxylic acids is 1. The lowest BCUT2D eigenvalue weighted by molar-refractivity contribution is -0.124. The Morgan fingerprint density at radius 1 is 1.11 bits per heavy atom. The maximum Gasteiger partial charge on any atom is 0.244 e. The third-order valence-corrected chi connectivity index (χ3v) is 6.35. The summed E-state index contributed by atoms with van der Waals surface area (Å²) in [4.78, 5) is 18.0. The number of fused-ring (bicyclic) bond motifs is 3. The number of methoxy groups -OCH3 is 1. The minimum atomic E-state index is -0.0816. The lowest BCUT2D eigenvalue weighted by Crippen LogP contribution is -2.51. The fourth-order valence-corrected chi connectivity index (χ4v) is 4.61. The standard InChI is InChI=1S/C23H26N2O3/c1-27-18-11-9-16(10-12-18)14-25-20-7-2-3-8-22(20)28-19-13-21(23(25)26)24(15-19)17-5-4-6-17/h2-3,7-12,17,19,21H,4-6,13-15H2,1H3. The maximum absolute atomic E-state index is 13.7. The van der Waals surface area contributed by atoms with Crippen molar-refractivity contribution in [1.82, 2.24) is 4.90 Å². The molecular weight excluding hydrogens is 352 g/mol. The van der Waals surface area contributed by atoms with E-state index in [0.29, 0.717) is 12.6 Å². The van der Waals surface area contributed by atoms with Gasteiger partial charge in [-0.1, -0.05) is 30.7 Å². The van der Waals surface area contributed by atoms with E-state index in [-0.39, 0.29) is 18.1 Å². The van der Waals surface area contributed by atoms with Crippen LogP contribution in [0.4, 0.5) is 5.69 Å². The molecule has 146 valence electrons. The van der Waals surface area contributed by atoms with E-state index in [1.54, 1.807) is 7.11 Å². The first-order valence-electron chi connectivity index (χ1n) is 10.2. The number of rotatable bonds is 4. The van der Waals surface area contributed by atoms with Gasteiger partial charge in [-0.25, -0.2) is 0 Å². The fourth-order valence-electron chi connectivity index (χ4n) is 4.61. The number of hydrogen-bond acceptors (Lipinski definition) is 4. The zero-order valence-corrected chi connectivity index (χ0v) is 16.2. The summed E-state index contributed by atoms with van der Waals surface area (Å²) in [6.45, 7) is 1.38. The van der Waals surface area contributed by atoms with Gasteiger partial charge < -0.3 is 14.4 Å². The van der Waals surface area contributed by atoms with Gasteiger partial charge in [0.05, 0.1) is 25.4 Å². The van der Waals surface area contributed by atoms with Crippen LogP contribution in [-0.4, -0.2) is 42.6 Å². The number of nitrogens with zero attached hydrogens (tertiary/aromatic N) is 2. The highest BCUT2D eigenvalue weighted by Gasteiger charge is 2.46. The predicted octanol–water partition coefficient (Wildman–Crippen LogP) is 3.62. The predicted molar refractivity (Wildman–Crippen MR) is 108 cm³/mol. The molecule has 5 nitrogen and oxygen atoms in total. The molecule has 5 heteroatoms. The summed E-state index contributed by atoms with van der Waals surface area (Å²) in [5, 5.41) is 0. The summed E-state index contributed by atoms with van der Waals surface area (Å²) in [7, 11) is 1.66. The van der Waals surface area contributed by atoms with Crippen LogP contribution in [0.3, 0.4) is 0 Å². The molecular formula is C23H26N2O3. The van der Waals surface area contributed by atoms with Crippen molar-refractivity contribution in [2.45, 2.75) is 50.4 Å². The molecule has 1 saturated heterocycles. The molecule has 28 heavy (non-hydrogen) atoms. The van der Waals surface area contributed by atoms with Crippen LogP contribution in [0.25, 0.3) is 0 Å². The quantitative estimate of drug-likeness (QED) is 0.815. The van der Waals surface area contributed by atoms with Crippen molar-refractivity contribution in [3.05, 3.63) is 54.1 Å². The summed E-state index contributed by atoms with van der Waals surface area (Å²) < 4.78 is 11.6. The van der Waals surface area contributed by atoms with E-state index in [0.717, 1.165) is 35.7 Å². The number of para-hydroxylation sites is 2. The molecule has 2 aromatic carbocycles. The molecule has 1 amide bonds. The number of ether oxygens (including phenoxy) is 2. The van der Waals surface area contributed by atoms with E-state index in [4.69, 9.17) is 9.47 Å². The lowest BCUT2D eigenvalue weighted by Gasteiger charge is -2.39. The summed E-state index contributed by atoms with van der Waals surface area (Å²) >= 11 is 0. The van der Waals surface area contributed by atoms with Crippen LogP contribution in [0.2, 0.25) is 0 Å². The molecule has 1 aliphatic carbocycles. The van der Waals surface area contributed by atoms with E-state index in [2.05, 4.69) is 4.90 Å². The van der Waals surface area contributed by atoms with Gasteiger partial charge in [0.2, 0.25) is 5.91 Å². The van der Waals surface area contributed by atoms with Gasteiger partial charge in [0, 0.05) is 19.0 Å². The normalized spacial score (nSPS) is 24.8. The Morgan fingerprint density at radius 2 is 1.89 bits per heavy atom. The highest BCUT2D eigenvalue weighted by molar-refractivity contribution is 5.99. The minimum Gasteiger partial charge on any atom is -0.497 e. The number of anilines is 1. The Morgan fingerprint density at radius 3 is 2.61 bits per heavy atom. The Hall–Kier alpha value is -2.53. The first-order chi connectivity index (χ1) is 13.7. The molecule has 0 N–H and O–H groups in total. The smallest absolute Gasteiger partial charge is 0.244 e. The molecule has 5 rings (SSSR count). The topological polar surface area (TPSA) is 42.0 Å². The molecule has 2 heterocycles. The molecule has 2 fully saturated rings. The Balaban J connectivity index is 1.50. The van der Waals surface area contributed by atoms with Gasteiger partial charge in [-0.3, -0.25) is 9.69 Å². The van der Waals surface area contributed by atoms with Gasteiger partial charge >= 0.3 is 0 Å². The molecule has 2 unspecified atom stereocenters. The van der Waals surface area contributed by atoms with Gasteiger partial charge in [-0.05, 0) is 42.7 Å². The van der Waals surface area contributed by atoms with E-state index < -0.39 is 0 Å². The number of carbonyl (C=O) groups is 1. The first kappa shape index (κ1) is 17.6. The van der Waals surface area contributed by atoms with Crippen molar-refractivity contribution in [3.63, 3.8) is 0 Å². The first-order valence-corrected chi connectivity index (χ1v) is 10.2. The van der Waals surface area contributed by atoms with Gasteiger partial charge in [-0.15, -0.1) is 0 Å². The van der Waals surface area contributed by atoms with E-state index in [1.165, 1.54) is 19.3 Å². The monoisotopic (exact) mass is 378 g/mol. The highest BCUT2D eigenvalue weighted by Crippen LogP contribution is 2.39. The van der Waals surface area contributed by atoms with Gasteiger partial charge in [0.15, 0.2) is 0 Å². The van der Waals surface area contributed by atoms with Crippen molar-refractivity contribution in [2.75, 3.05) is 18.6 Å². The maximum atomic E-state index is 13.7. The minimum absolute atomic E-state index is 0.0816. The van der Waals surface area contributed by atoms with Crippen molar-refractivity contribution in [1.29, 1.82) is 0 Å². The van der Waals surface area contributed by atoms with Crippen molar-refractivity contribution < 1.29 is 14.3 Å². The number of benzene rings is 2. The summed E-state index contributed by atoms with van der Waals surface area (Å²) in [6, 6.07) is 16.3. The molecule has 1 saturated carbocycles. The van der Waals surface area contributed by atoms with Crippen LogP contribution in [-0.2, 0) is 11.3 Å². The number of hydrogen-bond donors (Lipinski definition) is 0. The SMILES string of the molecule is COc1ccc(CN2C(=O)C3CC(CN3C3CCC3)Oc3ccccc32)cc1. The molecule has 3 aliphatic rings. The summed E-state index contributed by atoms with van der Waals surface area (Å²) in [6.07, 6.45) is 4.54. The Labute approximate surface area is 165 Å². The largest absolute Gasteiger partial charge is 0.497 e. The highest BCUT2D eigenvalue weighted by atomic mass is 16.5. The average molecular weight is 378 g/mol. The molecule has 2 atom stereocenters. The van der Waals surface area contributed by atoms with Crippen LogP contribution >= 0.6 is 0 Å². The molecule has 2 aliphatic heterocycles. The zero-order chi connectivity index (χ0) is 19.1. The molecule has 0 spiro atoms. The second-order valence-corrected chi connectivity index (χ2v) is 8.01. The van der Waals surface area contributed by atoms with Crippen LogP contribution in [0.5, 0.6) is 11.5 Å². The average Bonchev–Trinajstić information content (AvgIpc) is 3.09. The Bertz CT molecular complexity index is 862. The van der Waals surface area contributed by atoms with E-state index in [9.17, 15) is 4.79 Å². The van der Waals surface area contributed by atoms with Crippen molar-refractivity contribution in [3.8, 4) is 11.5 Å². The van der Waals surface area contributed by atoms with Gasteiger partial charge in [0.25, 0.3) is 0 Å². The third-order valence-electron chi connectivity index (χ3n) is 6.35. The fraction of sp³-hybridized carbons (Fsp3) is 0.435. The van der Waals surface area contributed by atoms with Gasteiger partial charge in [0.1, 0.15) is 17.6 Å². The number of amides is 1. The summed E-state index contributed by atoms with van der Waals surface area (Å²) in [5.74, 6) is 1.82. The third kappa shape index (κ3) is 3.04. The number of likely N-dealkylation sites (tertiary alicyclic amines) is 1. The molecule has 0 radical (unpaired) electrons. The van der Waals surface area contributed by atoms with Crippen molar-refractivity contribution >= 4 is 11.6 Å². The van der Waals surface area contributed by atoms with Crippen LogP contribution in [0, 0.1) is 0 Å². The molecule has 0 aromatic heterocycles. The van der Waals surface area contributed by atoms with Crippen LogP contribution < -0.4 is 14.4 Å². The Kier molecular flexibility index (Phi) is 4.47. The van der Waals surface area contributed by atoms with Crippen molar-refractivity contribution in [2.24, 2.45) is 0 Å². The second-order valence-electron chi connectivity index (χ2n) is 8.01. The molecule has 2 aromatic rings.